The summed E-state index contributed by atoms with van der Waals surface area (Å²) in [4.78, 5) is 0. The maximum atomic E-state index is 5.98. The van der Waals surface area contributed by atoms with Crippen LogP contribution in [-0.4, -0.2) is 25.3 Å². The van der Waals surface area contributed by atoms with E-state index < -0.39 is 0 Å². The molecular weight excluding hydrogens is 210 g/mol. The van der Waals surface area contributed by atoms with Crippen molar-refractivity contribution < 1.29 is 4.74 Å². The molecule has 0 aliphatic carbocycles. The Balaban J connectivity index is 4.07. The van der Waals surface area contributed by atoms with Crippen molar-refractivity contribution in [3.63, 3.8) is 0 Å². The maximum Gasteiger partial charge on any atom is 0.0628 e. The maximum absolute atomic E-state index is 5.98. The molecule has 0 spiro atoms. The molecule has 0 aliphatic heterocycles. The van der Waals surface area contributed by atoms with Crippen LogP contribution in [0.25, 0.3) is 0 Å². The largest absolute Gasteiger partial charge is 0.377 e. The van der Waals surface area contributed by atoms with Gasteiger partial charge in [0.1, 0.15) is 0 Å². The highest BCUT2D eigenvalue weighted by Gasteiger charge is 2.24. The fraction of sp³-hybridized carbons (Fsp3) is 1.00. The number of rotatable bonds is 8. The van der Waals surface area contributed by atoms with Crippen LogP contribution in [-0.2, 0) is 4.74 Å². The van der Waals surface area contributed by atoms with E-state index in [1.54, 1.807) is 0 Å². The Labute approximate surface area is 109 Å². The molecule has 0 fully saturated rings. The van der Waals surface area contributed by atoms with Crippen LogP contribution in [0.1, 0.15) is 61.3 Å². The van der Waals surface area contributed by atoms with Crippen molar-refractivity contribution >= 4 is 0 Å². The third kappa shape index (κ3) is 8.62. The minimum absolute atomic E-state index is 0.257. The molecule has 0 heterocycles. The van der Waals surface area contributed by atoms with E-state index >= 15 is 0 Å². The minimum Gasteiger partial charge on any atom is -0.377 e. The molecule has 0 amide bonds. The molecule has 17 heavy (non-hydrogen) atoms. The number of nitrogens with one attached hydrogen (secondary N) is 1. The monoisotopic (exact) mass is 243 g/mol. The van der Waals surface area contributed by atoms with Gasteiger partial charge in [0.25, 0.3) is 0 Å². The van der Waals surface area contributed by atoms with E-state index in [4.69, 9.17) is 4.74 Å². The smallest absolute Gasteiger partial charge is 0.0628 e. The average molecular weight is 243 g/mol. The zero-order valence-electron chi connectivity index (χ0n) is 13.0. The molecular formula is C15H33NO. The van der Waals surface area contributed by atoms with Crippen molar-refractivity contribution in [3.8, 4) is 0 Å². The van der Waals surface area contributed by atoms with Crippen LogP contribution in [0.2, 0.25) is 0 Å². The number of ether oxygens (including phenoxy) is 1. The topological polar surface area (TPSA) is 21.3 Å². The SMILES string of the molecule is CCCNC(COC(C)CC(C)C)C(C)(C)C. The van der Waals surface area contributed by atoms with Gasteiger partial charge in [0.15, 0.2) is 0 Å². The zero-order chi connectivity index (χ0) is 13.5. The third-order valence-corrected chi connectivity index (χ3v) is 3.04. The fourth-order valence-corrected chi connectivity index (χ4v) is 1.93. The molecule has 2 atom stereocenters. The van der Waals surface area contributed by atoms with E-state index in [2.05, 4.69) is 53.8 Å². The molecule has 0 aromatic carbocycles. The highest BCUT2D eigenvalue weighted by Crippen LogP contribution is 2.20. The highest BCUT2D eigenvalue weighted by atomic mass is 16.5. The first-order valence-electron chi connectivity index (χ1n) is 7.12. The van der Waals surface area contributed by atoms with Crippen molar-refractivity contribution in [2.45, 2.75) is 73.5 Å². The summed E-state index contributed by atoms with van der Waals surface area (Å²) in [7, 11) is 0. The van der Waals surface area contributed by atoms with Gasteiger partial charge in [-0.3, -0.25) is 0 Å². The molecule has 2 heteroatoms. The van der Waals surface area contributed by atoms with Crippen molar-refractivity contribution in [1.82, 2.24) is 5.32 Å². The van der Waals surface area contributed by atoms with Gasteiger partial charge in [-0.1, -0.05) is 41.5 Å². The van der Waals surface area contributed by atoms with E-state index in [1.165, 1.54) is 6.42 Å². The average Bonchev–Trinajstić information content (AvgIpc) is 2.14. The van der Waals surface area contributed by atoms with Crippen LogP contribution >= 0.6 is 0 Å². The fourth-order valence-electron chi connectivity index (χ4n) is 1.93. The summed E-state index contributed by atoms with van der Waals surface area (Å²) in [5, 5.41) is 3.59. The van der Waals surface area contributed by atoms with Gasteiger partial charge in [-0.25, -0.2) is 0 Å². The third-order valence-electron chi connectivity index (χ3n) is 3.04. The summed E-state index contributed by atoms with van der Waals surface area (Å²) in [6.45, 7) is 17.6. The van der Waals surface area contributed by atoms with Crippen molar-refractivity contribution in [3.05, 3.63) is 0 Å². The van der Waals surface area contributed by atoms with Crippen LogP contribution in [0, 0.1) is 11.3 Å². The van der Waals surface area contributed by atoms with Crippen LogP contribution in [0.3, 0.4) is 0 Å². The summed E-state index contributed by atoms with van der Waals surface area (Å²) in [6.07, 6.45) is 2.68. The molecule has 2 unspecified atom stereocenters. The summed E-state index contributed by atoms with van der Waals surface area (Å²) in [5.41, 5.74) is 0.257. The van der Waals surface area contributed by atoms with Crippen molar-refractivity contribution in [2.75, 3.05) is 13.2 Å². The van der Waals surface area contributed by atoms with Gasteiger partial charge >= 0.3 is 0 Å². The Morgan fingerprint density at radius 2 is 1.71 bits per heavy atom. The lowest BCUT2D eigenvalue weighted by atomic mass is 9.87. The highest BCUT2D eigenvalue weighted by molar-refractivity contribution is 4.80. The van der Waals surface area contributed by atoms with E-state index in [9.17, 15) is 0 Å². The second-order valence-corrected chi connectivity index (χ2v) is 6.65. The quantitative estimate of drug-likeness (QED) is 0.699. The molecule has 2 nitrogen and oxygen atoms in total. The second-order valence-electron chi connectivity index (χ2n) is 6.65. The molecule has 0 bridgehead atoms. The Bertz CT molecular complexity index is 184. The van der Waals surface area contributed by atoms with Gasteiger partial charge in [0.05, 0.1) is 12.7 Å². The minimum atomic E-state index is 0.257. The first-order valence-corrected chi connectivity index (χ1v) is 7.12. The van der Waals surface area contributed by atoms with Gasteiger partial charge in [0, 0.05) is 6.04 Å². The lowest BCUT2D eigenvalue weighted by Gasteiger charge is -2.32. The van der Waals surface area contributed by atoms with E-state index in [0.29, 0.717) is 18.1 Å². The first-order chi connectivity index (χ1) is 7.77. The lowest BCUT2D eigenvalue weighted by Crippen LogP contribution is -2.44. The molecule has 0 aromatic heterocycles. The lowest BCUT2D eigenvalue weighted by molar-refractivity contribution is 0.0167. The Morgan fingerprint density at radius 1 is 1.12 bits per heavy atom. The Kier molecular flexibility index (Phi) is 8.06. The van der Waals surface area contributed by atoms with E-state index in [0.717, 1.165) is 19.6 Å². The molecule has 0 aromatic rings. The molecule has 0 aliphatic rings. The predicted octanol–water partition coefficient (Wildman–Crippen LogP) is 3.85. The summed E-state index contributed by atoms with van der Waals surface area (Å²) >= 11 is 0. The molecule has 0 radical (unpaired) electrons. The van der Waals surface area contributed by atoms with Crippen LogP contribution in [0.5, 0.6) is 0 Å². The normalized spacial score (nSPS) is 16.2. The molecule has 0 saturated heterocycles. The number of hydrogen-bond acceptors (Lipinski definition) is 2. The standard InChI is InChI=1S/C15H33NO/c1-8-9-16-14(15(5,6)7)11-17-13(4)10-12(2)3/h12-14,16H,8-11H2,1-7H3. The van der Waals surface area contributed by atoms with Crippen LogP contribution < -0.4 is 5.32 Å². The Morgan fingerprint density at radius 3 is 2.12 bits per heavy atom. The summed E-state index contributed by atoms with van der Waals surface area (Å²) in [5.74, 6) is 0.710. The van der Waals surface area contributed by atoms with Gasteiger partial charge in [0.2, 0.25) is 0 Å². The van der Waals surface area contributed by atoms with Crippen molar-refractivity contribution in [2.24, 2.45) is 11.3 Å². The van der Waals surface area contributed by atoms with Crippen LogP contribution in [0.4, 0.5) is 0 Å². The molecule has 0 saturated carbocycles. The number of hydrogen-bond donors (Lipinski definition) is 1. The first kappa shape index (κ1) is 16.9. The van der Waals surface area contributed by atoms with Crippen molar-refractivity contribution in [1.29, 1.82) is 0 Å². The predicted molar refractivity (Wildman–Crippen MR) is 76.4 cm³/mol. The molecule has 104 valence electrons. The van der Waals surface area contributed by atoms with Gasteiger partial charge in [-0.2, -0.15) is 0 Å². The van der Waals surface area contributed by atoms with E-state index in [1.807, 2.05) is 0 Å². The summed E-state index contributed by atoms with van der Waals surface area (Å²) < 4.78 is 5.98. The second kappa shape index (κ2) is 8.10. The van der Waals surface area contributed by atoms with Gasteiger partial charge in [-0.15, -0.1) is 0 Å². The molecule has 0 rings (SSSR count). The Hall–Kier alpha value is -0.0800. The van der Waals surface area contributed by atoms with Crippen LogP contribution in [0.15, 0.2) is 0 Å². The van der Waals surface area contributed by atoms with Gasteiger partial charge < -0.3 is 10.1 Å². The molecule has 1 N–H and O–H groups in total. The van der Waals surface area contributed by atoms with E-state index in [-0.39, 0.29) is 5.41 Å². The van der Waals surface area contributed by atoms with Gasteiger partial charge in [-0.05, 0) is 37.6 Å². The summed E-state index contributed by atoms with van der Waals surface area (Å²) in [6, 6.07) is 0.442. The zero-order valence-corrected chi connectivity index (χ0v) is 13.0.